The van der Waals surface area contributed by atoms with E-state index in [2.05, 4.69) is 0 Å². The molecule has 0 heterocycles. The van der Waals surface area contributed by atoms with Crippen molar-refractivity contribution in [3.8, 4) is 5.75 Å². The molecular formula is C20H16Cl2F4O3. The molecule has 156 valence electrons. The van der Waals surface area contributed by atoms with Gasteiger partial charge in [0, 0.05) is 0 Å². The van der Waals surface area contributed by atoms with Crippen LogP contribution in [-0.4, -0.2) is 25.9 Å². The lowest BCUT2D eigenvalue weighted by Crippen LogP contribution is -2.19. The summed E-state index contributed by atoms with van der Waals surface area (Å²) in [6, 6.07) is 6.01. The van der Waals surface area contributed by atoms with E-state index in [0.29, 0.717) is 5.56 Å². The van der Waals surface area contributed by atoms with Crippen molar-refractivity contribution in [2.75, 3.05) is 13.7 Å². The van der Waals surface area contributed by atoms with Crippen molar-refractivity contribution < 1.29 is 31.8 Å². The van der Waals surface area contributed by atoms with Crippen molar-refractivity contribution in [1.82, 2.24) is 0 Å². The summed E-state index contributed by atoms with van der Waals surface area (Å²) in [5.41, 5.74) is 0.194. The number of rotatable bonds is 6. The Balaban J connectivity index is 2.41. The number of esters is 1. The maximum absolute atomic E-state index is 13.6. The molecule has 0 aromatic heterocycles. The van der Waals surface area contributed by atoms with E-state index in [1.54, 1.807) is 6.92 Å². The Labute approximate surface area is 174 Å². The SMILES string of the molecule is CCOC(=O)c1ccc(C=CC(c2cc(Cl)c(F)c(Cl)c2)C(F)(F)F)cc1OC. The summed E-state index contributed by atoms with van der Waals surface area (Å²) in [4.78, 5) is 11.9. The van der Waals surface area contributed by atoms with Crippen LogP contribution < -0.4 is 4.74 Å². The first-order chi connectivity index (χ1) is 13.6. The second kappa shape index (κ2) is 9.50. The predicted molar refractivity (Wildman–Crippen MR) is 103 cm³/mol. The molecule has 29 heavy (non-hydrogen) atoms. The lowest BCUT2D eigenvalue weighted by molar-refractivity contribution is -0.139. The molecule has 0 aliphatic heterocycles. The first-order valence-electron chi connectivity index (χ1n) is 8.33. The summed E-state index contributed by atoms with van der Waals surface area (Å²) < 4.78 is 64.2. The Morgan fingerprint density at radius 3 is 2.31 bits per heavy atom. The fourth-order valence-corrected chi connectivity index (χ4v) is 3.06. The van der Waals surface area contributed by atoms with Crippen LogP contribution in [-0.2, 0) is 4.74 Å². The summed E-state index contributed by atoms with van der Waals surface area (Å²) in [5, 5.41) is -1.01. The number of carbonyl (C=O) groups excluding carboxylic acids is 1. The van der Waals surface area contributed by atoms with Gasteiger partial charge in [-0.15, -0.1) is 0 Å². The smallest absolute Gasteiger partial charge is 0.399 e. The van der Waals surface area contributed by atoms with Crippen molar-refractivity contribution >= 4 is 35.2 Å². The van der Waals surface area contributed by atoms with Gasteiger partial charge in [0.25, 0.3) is 0 Å². The van der Waals surface area contributed by atoms with Gasteiger partial charge in [0.15, 0.2) is 5.82 Å². The lowest BCUT2D eigenvalue weighted by atomic mass is 9.96. The average Bonchev–Trinajstić information content (AvgIpc) is 2.65. The van der Waals surface area contributed by atoms with Gasteiger partial charge in [0.2, 0.25) is 0 Å². The van der Waals surface area contributed by atoms with Gasteiger partial charge in [-0.25, -0.2) is 9.18 Å². The fourth-order valence-electron chi connectivity index (χ4n) is 2.56. The predicted octanol–water partition coefficient (Wildman–Crippen LogP) is 6.68. The second-order valence-corrected chi connectivity index (χ2v) is 6.67. The number of benzene rings is 2. The van der Waals surface area contributed by atoms with Gasteiger partial charge in [-0.3, -0.25) is 0 Å². The molecule has 3 nitrogen and oxygen atoms in total. The van der Waals surface area contributed by atoms with Gasteiger partial charge in [-0.2, -0.15) is 13.2 Å². The molecule has 0 saturated heterocycles. The standard InChI is InChI=1S/C20H16Cl2F4O3/c1-3-29-19(27)13-6-4-11(8-17(13)28-2)5-7-14(20(24,25)26)12-9-15(21)18(23)16(22)10-12/h4-10,14H,3H2,1-2H3. The van der Waals surface area contributed by atoms with Crippen LogP contribution in [0.5, 0.6) is 5.75 Å². The van der Waals surface area contributed by atoms with Gasteiger partial charge in [-0.1, -0.05) is 41.4 Å². The van der Waals surface area contributed by atoms with Crippen molar-refractivity contribution in [1.29, 1.82) is 0 Å². The van der Waals surface area contributed by atoms with E-state index in [1.165, 1.54) is 31.4 Å². The van der Waals surface area contributed by atoms with Crippen LogP contribution in [0.25, 0.3) is 6.08 Å². The quantitative estimate of drug-likeness (QED) is 0.279. The number of allylic oxidation sites excluding steroid dienone is 1. The molecule has 1 atom stereocenters. The van der Waals surface area contributed by atoms with Crippen LogP contribution in [0.4, 0.5) is 17.6 Å². The first-order valence-corrected chi connectivity index (χ1v) is 9.08. The summed E-state index contributed by atoms with van der Waals surface area (Å²) in [6.45, 7) is 1.81. The molecule has 0 N–H and O–H groups in total. The minimum absolute atomic E-state index is 0.149. The van der Waals surface area contributed by atoms with E-state index in [-0.39, 0.29) is 23.5 Å². The van der Waals surface area contributed by atoms with Crippen LogP contribution in [0, 0.1) is 5.82 Å². The molecule has 2 rings (SSSR count). The molecule has 0 saturated carbocycles. The summed E-state index contributed by atoms with van der Waals surface area (Å²) in [5.74, 6) is -3.51. The average molecular weight is 451 g/mol. The van der Waals surface area contributed by atoms with Gasteiger partial charge in [0.05, 0.1) is 29.7 Å². The largest absolute Gasteiger partial charge is 0.496 e. The molecule has 9 heteroatoms. The van der Waals surface area contributed by atoms with Crippen molar-refractivity contribution in [2.24, 2.45) is 0 Å². The molecule has 0 aliphatic carbocycles. The number of halogens is 6. The highest BCUT2D eigenvalue weighted by atomic mass is 35.5. The highest BCUT2D eigenvalue weighted by molar-refractivity contribution is 6.35. The van der Waals surface area contributed by atoms with Crippen LogP contribution in [0.3, 0.4) is 0 Å². The molecule has 0 fully saturated rings. The van der Waals surface area contributed by atoms with Crippen molar-refractivity contribution in [3.05, 3.63) is 69.0 Å². The zero-order valence-corrected chi connectivity index (χ0v) is 16.8. The summed E-state index contributed by atoms with van der Waals surface area (Å²) in [6.07, 6.45) is -2.57. The molecule has 0 spiro atoms. The third-order valence-electron chi connectivity index (χ3n) is 3.92. The number of methoxy groups -OCH3 is 1. The molecule has 1 unspecified atom stereocenters. The molecule has 2 aromatic carbocycles. The monoisotopic (exact) mass is 450 g/mol. The van der Waals surface area contributed by atoms with Crippen LogP contribution in [0.15, 0.2) is 36.4 Å². The van der Waals surface area contributed by atoms with Crippen LogP contribution in [0.2, 0.25) is 10.0 Å². The Morgan fingerprint density at radius 1 is 1.17 bits per heavy atom. The maximum Gasteiger partial charge on any atom is 0.399 e. The number of carbonyl (C=O) groups is 1. The normalized spacial score (nSPS) is 12.8. The van der Waals surface area contributed by atoms with Crippen LogP contribution >= 0.6 is 23.2 Å². The Hall–Kier alpha value is -2.25. The number of alkyl halides is 3. The molecule has 0 radical (unpaired) electrons. The molecule has 0 bridgehead atoms. The van der Waals surface area contributed by atoms with E-state index in [4.69, 9.17) is 32.7 Å². The second-order valence-electron chi connectivity index (χ2n) is 5.86. The third-order valence-corrected chi connectivity index (χ3v) is 4.47. The number of hydrogen-bond donors (Lipinski definition) is 0. The van der Waals surface area contributed by atoms with Gasteiger partial charge in [-0.05, 0) is 42.3 Å². The van der Waals surface area contributed by atoms with Gasteiger partial charge >= 0.3 is 12.1 Å². The number of hydrogen-bond acceptors (Lipinski definition) is 3. The highest BCUT2D eigenvalue weighted by Crippen LogP contribution is 2.39. The van der Waals surface area contributed by atoms with Crippen molar-refractivity contribution in [2.45, 2.75) is 19.0 Å². The Kier molecular flexibility index (Phi) is 7.54. The van der Waals surface area contributed by atoms with Crippen LogP contribution in [0.1, 0.15) is 34.3 Å². The minimum Gasteiger partial charge on any atom is -0.496 e. The zero-order valence-electron chi connectivity index (χ0n) is 15.3. The van der Waals surface area contributed by atoms with Gasteiger partial charge in [0.1, 0.15) is 11.3 Å². The molecule has 2 aromatic rings. The zero-order chi connectivity index (χ0) is 21.8. The van der Waals surface area contributed by atoms with E-state index in [1.807, 2.05) is 0 Å². The van der Waals surface area contributed by atoms with Gasteiger partial charge < -0.3 is 9.47 Å². The number of ether oxygens (including phenoxy) is 2. The minimum atomic E-state index is -4.67. The Bertz CT molecular complexity index is 903. The molecule has 0 aliphatic rings. The molecule has 0 amide bonds. The third kappa shape index (κ3) is 5.64. The summed E-state index contributed by atoms with van der Waals surface area (Å²) in [7, 11) is 1.33. The van der Waals surface area contributed by atoms with E-state index in [0.717, 1.165) is 18.2 Å². The van der Waals surface area contributed by atoms with E-state index >= 15 is 0 Å². The van der Waals surface area contributed by atoms with E-state index < -0.39 is 33.9 Å². The summed E-state index contributed by atoms with van der Waals surface area (Å²) >= 11 is 11.3. The fraction of sp³-hybridized carbons (Fsp3) is 0.250. The molecular weight excluding hydrogens is 435 g/mol. The Morgan fingerprint density at radius 2 is 1.79 bits per heavy atom. The van der Waals surface area contributed by atoms with Crippen molar-refractivity contribution in [3.63, 3.8) is 0 Å². The topological polar surface area (TPSA) is 35.5 Å². The first kappa shape index (κ1) is 23.0. The highest BCUT2D eigenvalue weighted by Gasteiger charge is 2.39. The van der Waals surface area contributed by atoms with E-state index in [9.17, 15) is 22.4 Å². The lowest BCUT2D eigenvalue weighted by Gasteiger charge is -2.18. The maximum atomic E-state index is 13.6.